The van der Waals surface area contributed by atoms with Crippen LogP contribution in [-0.2, 0) is 4.74 Å². The minimum absolute atomic E-state index is 0.286. The highest BCUT2D eigenvalue weighted by Gasteiger charge is 2.21. The summed E-state index contributed by atoms with van der Waals surface area (Å²) in [5.41, 5.74) is 0.915. The lowest BCUT2D eigenvalue weighted by molar-refractivity contribution is 0.0537. The Bertz CT molecular complexity index is 131. The van der Waals surface area contributed by atoms with Crippen molar-refractivity contribution in [2.45, 2.75) is 31.5 Å². The number of aliphatic hydroxyl groups excluding tert-OH is 1. The van der Waals surface area contributed by atoms with Crippen LogP contribution in [0.1, 0.15) is 19.3 Å². The molecule has 1 saturated carbocycles. The number of aliphatic hydroxyl groups is 1. The summed E-state index contributed by atoms with van der Waals surface area (Å²) in [6.45, 7) is 3.76. The van der Waals surface area contributed by atoms with E-state index in [2.05, 4.69) is 6.58 Å². The van der Waals surface area contributed by atoms with Gasteiger partial charge >= 0.3 is 0 Å². The van der Waals surface area contributed by atoms with Gasteiger partial charge in [-0.2, -0.15) is 0 Å². The summed E-state index contributed by atoms with van der Waals surface area (Å²) >= 11 is 0. The van der Waals surface area contributed by atoms with Gasteiger partial charge in [-0.3, -0.25) is 0 Å². The standard InChI is InChI=1S/C8H14O2/c1-6-5-7(10-2)3-4-8(6)9/h7-9H,1,3-5H2,2H3. The van der Waals surface area contributed by atoms with Crippen molar-refractivity contribution >= 4 is 0 Å². The van der Waals surface area contributed by atoms with Crippen molar-refractivity contribution in [2.75, 3.05) is 7.11 Å². The molecular formula is C8H14O2. The Kier molecular flexibility index (Phi) is 2.46. The maximum atomic E-state index is 9.24. The van der Waals surface area contributed by atoms with E-state index >= 15 is 0 Å². The summed E-state index contributed by atoms with van der Waals surface area (Å²) in [7, 11) is 1.70. The van der Waals surface area contributed by atoms with Crippen LogP contribution in [0.15, 0.2) is 12.2 Å². The first-order chi connectivity index (χ1) is 4.74. The molecule has 0 aromatic heterocycles. The lowest BCUT2D eigenvalue weighted by atomic mass is 9.91. The molecule has 1 N–H and O–H groups in total. The van der Waals surface area contributed by atoms with Crippen molar-refractivity contribution in [1.29, 1.82) is 0 Å². The van der Waals surface area contributed by atoms with Crippen LogP contribution in [0.5, 0.6) is 0 Å². The fourth-order valence-electron chi connectivity index (χ4n) is 1.28. The number of hydrogen-bond acceptors (Lipinski definition) is 2. The van der Waals surface area contributed by atoms with Crippen molar-refractivity contribution in [2.24, 2.45) is 0 Å². The third-order valence-electron chi connectivity index (χ3n) is 2.06. The van der Waals surface area contributed by atoms with E-state index in [-0.39, 0.29) is 12.2 Å². The Morgan fingerprint density at radius 2 is 2.30 bits per heavy atom. The van der Waals surface area contributed by atoms with E-state index in [1.165, 1.54) is 0 Å². The van der Waals surface area contributed by atoms with Gasteiger partial charge in [-0.1, -0.05) is 6.58 Å². The maximum absolute atomic E-state index is 9.24. The van der Waals surface area contributed by atoms with Gasteiger partial charge in [-0.15, -0.1) is 0 Å². The van der Waals surface area contributed by atoms with Gasteiger partial charge in [0.25, 0.3) is 0 Å². The molecular weight excluding hydrogens is 128 g/mol. The Balaban J connectivity index is 2.41. The summed E-state index contributed by atoms with van der Waals surface area (Å²) in [5, 5.41) is 9.24. The molecule has 0 spiro atoms. The third kappa shape index (κ3) is 1.58. The van der Waals surface area contributed by atoms with Crippen LogP contribution in [0.25, 0.3) is 0 Å². The molecule has 2 unspecified atom stereocenters. The van der Waals surface area contributed by atoms with Crippen LogP contribution in [0.4, 0.5) is 0 Å². The Morgan fingerprint density at radius 3 is 2.80 bits per heavy atom. The molecule has 0 heterocycles. The molecule has 1 aliphatic carbocycles. The lowest BCUT2D eigenvalue weighted by Gasteiger charge is -2.26. The zero-order valence-electron chi connectivity index (χ0n) is 6.34. The molecule has 2 nitrogen and oxygen atoms in total. The zero-order valence-corrected chi connectivity index (χ0v) is 6.34. The van der Waals surface area contributed by atoms with Gasteiger partial charge in [-0.05, 0) is 24.8 Å². The quantitative estimate of drug-likeness (QED) is 0.555. The molecule has 2 atom stereocenters. The number of hydrogen-bond donors (Lipinski definition) is 1. The van der Waals surface area contributed by atoms with Crippen molar-refractivity contribution < 1.29 is 9.84 Å². The van der Waals surface area contributed by atoms with E-state index in [1.807, 2.05) is 0 Å². The maximum Gasteiger partial charge on any atom is 0.0749 e. The van der Waals surface area contributed by atoms with Gasteiger partial charge in [0.05, 0.1) is 12.2 Å². The molecule has 0 radical (unpaired) electrons. The number of methoxy groups -OCH3 is 1. The topological polar surface area (TPSA) is 29.5 Å². The second-order valence-corrected chi connectivity index (χ2v) is 2.81. The van der Waals surface area contributed by atoms with E-state index in [4.69, 9.17) is 4.74 Å². The molecule has 0 saturated heterocycles. The van der Waals surface area contributed by atoms with Gasteiger partial charge in [0.15, 0.2) is 0 Å². The van der Waals surface area contributed by atoms with Crippen LogP contribution in [-0.4, -0.2) is 24.4 Å². The van der Waals surface area contributed by atoms with E-state index in [0.717, 1.165) is 24.8 Å². The lowest BCUT2D eigenvalue weighted by Crippen LogP contribution is -2.25. The minimum atomic E-state index is -0.286. The SMILES string of the molecule is C=C1CC(OC)CCC1O. The van der Waals surface area contributed by atoms with Crippen molar-refractivity contribution in [3.8, 4) is 0 Å². The first-order valence-corrected chi connectivity index (χ1v) is 3.62. The van der Waals surface area contributed by atoms with Crippen molar-refractivity contribution in [3.63, 3.8) is 0 Å². The predicted molar refractivity (Wildman–Crippen MR) is 39.8 cm³/mol. The molecule has 0 aromatic rings. The molecule has 10 heavy (non-hydrogen) atoms. The molecule has 0 aliphatic heterocycles. The van der Waals surface area contributed by atoms with E-state index in [1.54, 1.807) is 7.11 Å². The fraction of sp³-hybridized carbons (Fsp3) is 0.750. The largest absolute Gasteiger partial charge is 0.389 e. The Labute approximate surface area is 61.5 Å². The Morgan fingerprint density at radius 1 is 1.60 bits per heavy atom. The highest BCUT2D eigenvalue weighted by atomic mass is 16.5. The van der Waals surface area contributed by atoms with Crippen LogP contribution < -0.4 is 0 Å². The summed E-state index contributed by atoms with van der Waals surface area (Å²) in [6, 6.07) is 0. The van der Waals surface area contributed by atoms with Crippen LogP contribution in [0, 0.1) is 0 Å². The number of ether oxygens (including phenoxy) is 1. The first kappa shape index (κ1) is 7.76. The number of rotatable bonds is 1. The molecule has 0 aromatic carbocycles. The predicted octanol–water partition coefficient (Wildman–Crippen LogP) is 1.10. The molecule has 1 fully saturated rings. The second-order valence-electron chi connectivity index (χ2n) is 2.81. The van der Waals surface area contributed by atoms with Gasteiger partial charge < -0.3 is 9.84 Å². The molecule has 0 bridgehead atoms. The summed E-state index contributed by atoms with van der Waals surface area (Å²) in [5.74, 6) is 0. The average Bonchev–Trinajstić information content (AvgIpc) is 1.95. The molecule has 58 valence electrons. The monoisotopic (exact) mass is 142 g/mol. The zero-order chi connectivity index (χ0) is 7.56. The molecule has 0 amide bonds. The van der Waals surface area contributed by atoms with Gasteiger partial charge in [0, 0.05) is 7.11 Å². The average molecular weight is 142 g/mol. The van der Waals surface area contributed by atoms with Crippen LogP contribution >= 0.6 is 0 Å². The molecule has 1 aliphatic rings. The van der Waals surface area contributed by atoms with Crippen molar-refractivity contribution in [1.82, 2.24) is 0 Å². The highest BCUT2D eigenvalue weighted by Crippen LogP contribution is 2.23. The van der Waals surface area contributed by atoms with Gasteiger partial charge in [0.1, 0.15) is 0 Å². The van der Waals surface area contributed by atoms with Gasteiger partial charge in [0.2, 0.25) is 0 Å². The van der Waals surface area contributed by atoms with E-state index in [0.29, 0.717) is 0 Å². The molecule has 1 rings (SSSR count). The Hall–Kier alpha value is -0.340. The van der Waals surface area contributed by atoms with E-state index < -0.39 is 0 Å². The van der Waals surface area contributed by atoms with Crippen LogP contribution in [0.3, 0.4) is 0 Å². The first-order valence-electron chi connectivity index (χ1n) is 3.62. The minimum Gasteiger partial charge on any atom is -0.389 e. The van der Waals surface area contributed by atoms with Gasteiger partial charge in [-0.25, -0.2) is 0 Å². The molecule has 2 heteroatoms. The summed E-state index contributed by atoms with van der Waals surface area (Å²) in [4.78, 5) is 0. The summed E-state index contributed by atoms with van der Waals surface area (Å²) in [6.07, 6.45) is 2.58. The van der Waals surface area contributed by atoms with Crippen LogP contribution in [0.2, 0.25) is 0 Å². The van der Waals surface area contributed by atoms with Crippen molar-refractivity contribution in [3.05, 3.63) is 12.2 Å². The fourth-order valence-corrected chi connectivity index (χ4v) is 1.28. The summed E-state index contributed by atoms with van der Waals surface area (Å²) < 4.78 is 5.14. The second kappa shape index (κ2) is 3.17. The highest BCUT2D eigenvalue weighted by molar-refractivity contribution is 5.06. The van der Waals surface area contributed by atoms with E-state index in [9.17, 15) is 5.11 Å². The normalized spacial score (nSPS) is 34.4. The third-order valence-corrected chi connectivity index (χ3v) is 2.06. The smallest absolute Gasteiger partial charge is 0.0749 e.